The highest BCUT2D eigenvalue weighted by molar-refractivity contribution is 7.10. The number of nitrogens with two attached hydrogens (primary N) is 1. The van der Waals surface area contributed by atoms with Crippen molar-refractivity contribution in [3.05, 3.63) is 51.7 Å². The fourth-order valence-corrected chi connectivity index (χ4v) is 2.48. The van der Waals surface area contributed by atoms with Crippen LogP contribution in [0.3, 0.4) is 0 Å². The van der Waals surface area contributed by atoms with E-state index < -0.39 is 0 Å². The molecule has 0 atom stereocenters. The minimum Gasteiger partial charge on any atom is -0.320 e. The zero-order valence-electron chi connectivity index (χ0n) is 11.5. The monoisotopic (exact) mass is 284 g/mol. The van der Waals surface area contributed by atoms with E-state index in [4.69, 9.17) is 5.73 Å². The number of thiophene rings is 1. The van der Waals surface area contributed by atoms with Crippen molar-refractivity contribution in [2.75, 3.05) is 18.5 Å². The molecule has 20 heavy (non-hydrogen) atoms. The Kier molecular flexibility index (Phi) is 4.57. The molecule has 2 N–H and O–H groups in total. The fourth-order valence-electron chi connectivity index (χ4n) is 1.73. The Morgan fingerprint density at radius 2 is 2.05 bits per heavy atom. The maximum absolute atomic E-state index is 12.4. The molecule has 3 nitrogen and oxygen atoms in total. The van der Waals surface area contributed by atoms with Gasteiger partial charge in [0.2, 0.25) is 0 Å². The van der Waals surface area contributed by atoms with Crippen LogP contribution >= 0.6 is 11.3 Å². The summed E-state index contributed by atoms with van der Waals surface area (Å²) in [6.07, 6.45) is 0. The summed E-state index contributed by atoms with van der Waals surface area (Å²) in [5.74, 6) is 5.69. The van der Waals surface area contributed by atoms with Crippen molar-refractivity contribution < 1.29 is 4.79 Å². The Bertz CT molecular complexity index is 662. The molecular weight excluding hydrogens is 268 g/mol. The molecule has 0 aliphatic heterocycles. The normalized spacial score (nSPS) is 9.75. The van der Waals surface area contributed by atoms with Crippen LogP contribution in [0.2, 0.25) is 0 Å². The van der Waals surface area contributed by atoms with Crippen LogP contribution in [0.4, 0.5) is 5.69 Å². The van der Waals surface area contributed by atoms with Crippen molar-refractivity contribution in [3.8, 4) is 11.8 Å². The molecule has 0 fully saturated rings. The first kappa shape index (κ1) is 14.3. The molecule has 0 bridgehead atoms. The maximum Gasteiger partial charge on any atom is 0.258 e. The molecule has 4 heteroatoms. The lowest BCUT2D eigenvalue weighted by molar-refractivity contribution is 0.0993. The largest absolute Gasteiger partial charge is 0.320 e. The molecule has 0 aliphatic rings. The lowest BCUT2D eigenvalue weighted by Gasteiger charge is -2.16. The topological polar surface area (TPSA) is 46.3 Å². The average Bonchev–Trinajstić information content (AvgIpc) is 2.93. The first-order valence-corrected chi connectivity index (χ1v) is 7.12. The second-order valence-electron chi connectivity index (χ2n) is 4.41. The number of benzene rings is 1. The van der Waals surface area contributed by atoms with Crippen LogP contribution in [-0.2, 0) is 0 Å². The number of rotatable bonds is 2. The third kappa shape index (κ3) is 3.27. The van der Waals surface area contributed by atoms with E-state index in [1.165, 1.54) is 16.9 Å². The van der Waals surface area contributed by atoms with Gasteiger partial charge < -0.3 is 10.6 Å². The minimum atomic E-state index is -0.0362. The number of amides is 1. The Hall–Kier alpha value is -2.09. The van der Waals surface area contributed by atoms with Gasteiger partial charge in [-0.2, -0.15) is 0 Å². The lowest BCUT2D eigenvalue weighted by atomic mass is 10.2. The first-order valence-electron chi connectivity index (χ1n) is 6.24. The molecular formula is C16H16N2OS. The Balaban J connectivity index is 2.18. The first-order chi connectivity index (χ1) is 9.61. The number of hydrogen-bond acceptors (Lipinski definition) is 3. The van der Waals surface area contributed by atoms with E-state index in [-0.39, 0.29) is 5.91 Å². The van der Waals surface area contributed by atoms with Gasteiger partial charge >= 0.3 is 0 Å². The smallest absolute Gasteiger partial charge is 0.258 e. The van der Waals surface area contributed by atoms with E-state index in [1.807, 2.05) is 36.6 Å². The van der Waals surface area contributed by atoms with Crippen molar-refractivity contribution in [3.63, 3.8) is 0 Å². The van der Waals surface area contributed by atoms with Crippen molar-refractivity contribution in [2.24, 2.45) is 5.73 Å². The van der Waals surface area contributed by atoms with E-state index in [0.717, 1.165) is 10.6 Å². The molecule has 1 heterocycles. The van der Waals surface area contributed by atoms with Crippen LogP contribution in [0.1, 0.15) is 20.8 Å². The minimum absolute atomic E-state index is 0.0362. The SMILES string of the molecule is Cc1ccc(N(C)C(=O)c2csc(C#CCN)c2)cc1. The number of nitrogens with zero attached hydrogens (tertiary/aromatic N) is 1. The summed E-state index contributed by atoms with van der Waals surface area (Å²) in [5, 5.41) is 1.83. The molecule has 0 radical (unpaired) electrons. The molecule has 1 aromatic carbocycles. The molecule has 1 aromatic heterocycles. The van der Waals surface area contributed by atoms with Gasteiger partial charge in [0.05, 0.1) is 17.0 Å². The highest BCUT2D eigenvalue weighted by atomic mass is 32.1. The average molecular weight is 284 g/mol. The van der Waals surface area contributed by atoms with Crippen LogP contribution in [-0.4, -0.2) is 19.5 Å². The predicted molar refractivity (Wildman–Crippen MR) is 84.2 cm³/mol. The maximum atomic E-state index is 12.4. The molecule has 2 rings (SSSR count). The summed E-state index contributed by atoms with van der Waals surface area (Å²) in [5.41, 5.74) is 8.03. The summed E-state index contributed by atoms with van der Waals surface area (Å²) in [6.45, 7) is 2.34. The Morgan fingerprint density at radius 1 is 1.35 bits per heavy atom. The van der Waals surface area contributed by atoms with Crippen LogP contribution in [0.5, 0.6) is 0 Å². The van der Waals surface area contributed by atoms with Gasteiger partial charge in [-0.25, -0.2) is 0 Å². The number of carbonyl (C=O) groups is 1. The van der Waals surface area contributed by atoms with Crippen LogP contribution < -0.4 is 10.6 Å². The van der Waals surface area contributed by atoms with E-state index >= 15 is 0 Å². The van der Waals surface area contributed by atoms with Crippen LogP contribution in [0.15, 0.2) is 35.7 Å². The molecule has 0 spiro atoms. The highest BCUT2D eigenvalue weighted by Crippen LogP contribution is 2.19. The predicted octanol–water partition coefficient (Wildman–Crippen LogP) is 2.64. The van der Waals surface area contributed by atoms with Crippen molar-refractivity contribution in [1.82, 2.24) is 0 Å². The summed E-state index contributed by atoms with van der Waals surface area (Å²) < 4.78 is 0. The molecule has 0 saturated carbocycles. The van der Waals surface area contributed by atoms with Crippen molar-refractivity contribution in [1.29, 1.82) is 0 Å². The Labute approximate surface area is 123 Å². The Morgan fingerprint density at radius 3 is 2.70 bits per heavy atom. The third-order valence-corrected chi connectivity index (χ3v) is 3.73. The quantitative estimate of drug-likeness (QED) is 0.862. The standard InChI is InChI=1S/C16H16N2OS/c1-12-5-7-14(8-6-12)18(2)16(19)13-10-15(20-11-13)4-3-9-17/h5-8,10-11H,9,17H2,1-2H3. The van der Waals surface area contributed by atoms with Gasteiger partial charge in [0.1, 0.15) is 0 Å². The van der Waals surface area contributed by atoms with Gasteiger partial charge in [0, 0.05) is 18.1 Å². The van der Waals surface area contributed by atoms with Gasteiger partial charge in [0.25, 0.3) is 5.91 Å². The summed E-state index contributed by atoms with van der Waals surface area (Å²) in [4.78, 5) is 14.9. The van der Waals surface area contributed by atoms with E-state index in [1.54, 1.807) is 18.0 Å². The summed E-state index contributed by atoms with van der Waals surface area (Å²) in [7, 11) is 1.77. The number of anilines is 1. The van der Waals surface area contributed by atoms with Gasteiger partial charge in [-0.1, -0.05) is 29.5 Å². The van der Waals surface area contributed by atoms with Crippen LogP contribution in [0, 0.1) is 18.8 Å². The van der Waals surface area contributed by atoms with E-state index in [0.29, 0.717) is 12.1 Å². The number of carbonyl (C=O) groups excluding carboxylic acids is 1. The van der Waals surface area contributed by atoms with Gasteiger partial charge in [-0.3, -0.25) is 4.79 Å². The highest BCUT2D eigenvalue weighted by Gasteiger charge is 2.14. The van der Waals surface area contributed by atoms with E-state index in [2.05, 4.69) is 11.8 Å². The van der Waals surface area contributed by atoms with Gasteiger partial charge in [0.15, 0.2) is 0 Å². The number of aryl methyl sites for hydroxylation is 1. The second-order valence-corrected chi connectivity index (χ2v) is 5.32. The summed E-state index contributed by atoms with van der Waals surface area (Å²) >= 11 is 1.46. The van der Waals surface area contributed by atoms with Crippen LogP contribution in [0.25, 0.3) is 0 Å². The van der Waals surface area contributed by atoms with Crippen molar-refractivity contribution >= 4 is 22.9 Å². The molecule has 0 aliphatic carbocycles. The van der Waals surface area contributed by atoms with E-state index in [9.17, 15) is 4.79 Å². The number of hydrogen-bond donors (Lipinski definition) is 1. The molecule has 1 amide bonds. The summed E-state index contributed by atoms with van der Waals surface area (Å²) in [6, 6.07) is 9.67. The van der Waals surface area contributed by atoms with Crippen molar-refractivity contribution in [2.45, 2.75) is 6.92 Å². The molecule has 102 valence electrons. The molecule has 0 saturated heterocycles. The third-order valence-electron chi connectivity index (χ3n) is 2.89. The zero-order chi connectivity index (χ0) is 14.5. The second kappa shape index (κ2) is 6.38. The fraction of sp³-hybridized carbons (Fsp3) is 0.188. The van der Waals surface area contributed by atoms with Gasteiger partial charge in [-0.05, 0) is 25.1 Å². The van der Waals surface area contributed by atoms with Gasteiger partial charge in [-0.15, -0.1) is 11.3 Å². The molecule has 2 aromatic rings. The molecule has 0 unspecified atom stereocenters. The zero-order valence-corrected chi connectivity index (χ0v) is 12.3. The lowest BCUT2D eigenvalue weighted by Crippen LogP contribution is -2.25.